The van der Waals surface area contributed by atoms with Gasteiger partial charge in [0.15, 0.2) is 0 Å². The van der Waals surface area contributed by atoms with Gasteiger partial charge in [0.05, 0.1) is 4.90 Å². The van der Waals surface area contributed by atoms with E-state index in [1.807, 2.05) is 11.4 Å². The second-order valence-corrected chi connectivity index (χ2v) is 9.22. The van der Waals surface area contributed by atoms with Crippen molar-refractivity contribution in [2.24, 2.45) is 0 Å². The first-order valence-electron chi connectivity index (χ1n) is 8.57. The molecule has 5 nitrogen and oxygen atoms in total. The van der Waals surface area contributed by atoms with E-state index in [4.69, 9.17) is 0 Å². The average molecular weight is 398 g/mol. The smallest absolute Gasteiger partial charge is 0.240 e. The minimum atomic E-state index is -3.69. The van der Waals surface area contributed by atoms with Crippen LogP contribution in [-0.4, -0.2) is 58.0 Å². The predicted octanol–water partition coefficient (Wildman–Crippen LogP) is 2.46. The van der Waals surface area contributed by atoms with Crippen LogP contribution in [0, 0.1) is 12.7 Å². The van der Waals surface area contributed by atoms with Gasteiger partial charge < -0.3 is 4.90 Å². The van der Waals surface area contributed by atoms with Gasteiger partial charge in [0.1, 0.15) is 5.82 Å². The third-order valence-corrected chi connectivity index (χ3v) is 6.94. The Kier molecular flexibility index (Phi) is 6.09. The molecule has 0 amide bonds. The molecule has 0 spiro atoms. The van der Waals surface area contributed by atoms with Crippen molar-refractivity contribution in [3.8, 4) is 0 Å². The van der Waals surface area contributed by atoms with Crippen LogP contribution in [0.5, 0.6) is 0 Å². The summed E-state index contributed by atoms with van der Waals surface area (Å²) in [5.74, 6) is -0.405. The van der Waals surface area contributed by atoms with E-state index < -0.39 is 15.8 Å². The molecule has 2 aromatic rings. The summed E-state index contributed by atoms with van der Waals surface area (Å²) in [4.78, 5) is 4.69. The van der Waals surface area contributed by atoms with Crippen molar-refractivity contribution in [2.45, 2.75) is 17.9 Å². The number of piperazine rings is 1. The van der Waals surface area contributed by atoms with E-state index in [9.17, 15) is 12.8 Å². The van der Waals surface area contributed by atoms with Crippen LogP contribution in [0.3, 0.4) is 0 Å². The molecule has 1 aromatic heterocycles. The lowest BCUT2D eigenvalue weighted by Gasteiger charge is -2.37. The number of halogens is 1. The zero-order chi connectivity index (χ0) is 18.7. The molecular formula is C18H24FN3O2S2. The molecule has 1 N–H and O–H groups in total. The standard InChI is InChI=1S/C18H24FN3O2S2/c1-14-11-16(3-4-17(14)19)26(23,24)20-12-18(15-5-10-25-13-15)22-8-6-21(2)7-9-22/h3-5,10-11,13,18,20H,6-9,12H2,1-2H3/t18-/m0/s1. The van der Waals surface area contributed by atoms with Crippen LogP contribution in [0.15, 0.2) is 39.9 Å². The summed E-state index contributed by atoms with van der Waals surface area (Å²) >= 11 is 1.61. The quantitative estimate of drug-likeness (QED) is 0.814. The highest BCUT2D eigenvalue weighted by Gasteiger charge is 2.26. The van der Waals surface area contributed by atoms with Crippen molar-refractivity contribution in [3.63, 3.8) is 0 Å². The molecule has 1 aliphatic rings. The van der Waals surface area contributed by atoms with Crippen LogP contribution in [0.1, 0.15) is 17.2 Å². The fourth-order valence-electron chi connectivity index (χ4n) is 3.11. The topological polar surface area (TPSA) is 52.7 Å². The minimum absolute atomic E-state index is 0.00808. The van der Waals surface area contributed by atoms with Crippen LogP contribution < -0.4 is 4.72 Å². The number of hydrogen-bond acceptors (Lipinski definition) is 5. The first-order chi connectivity index (χ1) is 12.4. The molecule has 8 heteroatoms. The van der Waals surface area contributed by atoms with Crippen molar-refractivity contribution < 1.29 is 12.8 Å². The van der Waals surface area contributed by atoms with Gasteiger partial charge in [-0.05, 0) is 60.1 Å². The molecule has 1 atom stereocenters. The fourth-order valence-corrected chi connectivity index (χ4v) is 4.94. The van der Waals surface area contributed by atoms with E-state index in [0.29, 0.717) is 12.1 Å². The summed E-state index contributed by atoms with van der Waals surface area (Å²) in [5, 5.41) is 4.08. The lowest BCUT2D eigenvalue weighted by molar-refractivity contribution is 0.113. The van der Waals surface area contributed by atoms with Crippen LogP contribution in [0.2, 0.25) is 0 Å². The highest BCUT2D eigenvalue weighted by atomic mass is 32.2. The maximum Gasteiger partial charge on any atom is 0.240 e. The van der Waals surface area contributed by atoms with Crippen LogP contribution in [0.4, 0.5) is 4.39 Å². The van der Waals surface area contributed by atoms with Gasteiger partial charge in [0.25, 0.3) is 0 Å². The van der Waals surface area contributed by atoms with Gasteiger partial charge in [-0.1, -0.05) is 0 Å². The Morgan fingerprint density at radius 1 is 1.23 bits per heavy atom. The molecule has 1 aromatic carbocycles. The third kappa shape index (κ3) is 4.50. The molecule has 3 rings (SSSR count). The van der Waals surface area contributed by atoms with E-state index in [1.54, 1.807) is 18.3 Å². The Bertz CT molecular complexity index is 832. The molecule has 0 unspecified atom stereocenters. The zero-order valence-corrected chi connectivity index (χ0v) is 16.6. The molecule has 0 radical (unpaired) electrons. The maximum atomic E-state index is 13.4. The summed E-state index contributed by atoms with van der Waals surface area (Å²) in [7, 11) is -1.59. The summed E-state index contributed by atoms with van der Waals surface area (Å²) in [6, 6.07) is 5.91. The van der Waals surface area contributed by atoms with Crippen molar-refractivity contribution >= 4 is 21.4 Å². The monoisotopic (exact) mass is 397 g/mol. The minimum Gasteiger partial charge on any atom is -0.304 e. The number of nitrogens with zero attached hydrogens (tertiary/aromatic N) is 2. The SMILES string of the molecule is Cc1cc(S(=O)(=O)NC[C@@H](c2ccsc2)N2CCN(C)CC2)ccc1F. The van der Waals surface area contributed by atoms with Gasteiger partial charge in [0, 0.05) is 38.8 Å². The Morgan fingerprint density at radius 3 is 2.58 bits per heavy atom. The second-order valence-electron chi connectivity index (χ2n) is 6.67. The van der Waals surface area contributed by atoms with Gasteiger partial charge >= 0.3 is 0 Å². The highest BCUT2D eigenvalue weighted by Crippen LogP contribution is 2.24. The first-order valence-corrected chi connectivity index (χ1v) is 11.0. The summed E-state index contributed by atoms with van der Waals surface area (Å²) in [5.41, 5.74) is 1.44. The van der Waals surface area contributed by atoms with E-state index >= 15 is 0 Å². The first kappa shape index (κ1) is 19.4. The highest BCUT2D eigenvalue weighted by molar-refractivity contribution is 7.89. The van der Waals surface area contributed by atoms with Crippen LogP contribution >= 0.6 is 11.3 Å². The van der Waals surface area contributed by atoms with Gasteiger partial charge in [-0.15, -0.1) is 0 Å². The molecule has 142 valence electrons. The van der Waals surface area contributed by atoms with Crippen molar-refractivity contribution in [1.82, 2.24) is 14.5 Å². The molecule has 26 heavy (non-hydrogen) atoms. The average Bonchev–Trinajstić information content (AvgIpc) is 3.13. The van der Waals surface area contributed by atoms with E-state index in [1.165, 1.54) is 18.2 Å². The third-order valence-electron chi connectivity index (χ3n) is 4.81. The largest absolute Gasteiger partial charge is 0.304 e. The molecule has 1 aliphatic heterocycles. The number of hydrogen-bond donors (Lipinski definition) is 1. The number of sulfonamides is 1. The number of aryl methyl sites for hydroxylation is 1. The number of likely N-dealkylation sites (N-methyl/N-ethyl adjacent to an activating group) is 1. The van der Waals surface area contributed by atoms with Crippen molar-refractivity contribution in [3.05, 3.63) is 52.0 Å². The number of thiophene rings is 1. The second kappa shape index (κ2) is 8.14. The number of rotatable bonds is 6. The Balaban J connectivity index is 1.75. The summed E-state index contributed by atoms with van der Waals surface area (Å²) in [6.45, 7) is 5.57. The van der Waals surface area contributed by atoms with Crippen molar-refractivity contribution in [1.29, 1.82) is 0 Å². The molecular weight excluding hydrogens is 373 g/mol. The normalized spacial score (nSPS) is 18.1. The van der Waals surface area contributed by atoms with Crippen molar-refractivity contribution in [2.75, 3.05) is 39.8 Å². The molecule has 2 heterocycles. The summed E-state index contributed by atoms with van der Waals surface area (Å²) in [6.07, 6.45) is 0. The Labute approximate surface area is 158 Å². The van der Waals surface area contributed by atoms with Crippen LogP contribution in [-0.2, 0) is 10.0 Å². The van der Waals surface area contributed by atoms with Gasteiger partial charge in [-0.25, -0.2) is 17.5 Å². The molecule has 1 saturated heterocycles. The molecule has 1 fully saturated rings. The molecule has 0 saturated carbocycles. The van der Waals surface area contributed by atoms with Gasteiger partial charge in [-0.2, -0.15) is 11.3 Å². The van der Waals surface area contributed by atoms with Gasteiger partial charge in [0.2, 0.25) is 10.0 Å². The predicted molar refractivity (Wildman–Crippen MR) is 102 cm³/mol. The van der Waals surface area contributed by atoms with E-state index in [0.717, 1.165) is 31.7 Å². The molecule has 0 aliphatic carbocycles. The van der Waals surface area contributed by atoms with Crippen LogP contribution in [0.25, 0.3) is 0 Å². The lowest BCUT2D eigenvalue weighted by atomic mass is 10.1. The fraction of sp³-hybridized carbons (Fsp3) is 0.444. The van der Waals surface area contributed by atoms with E-state index in [2.05, 4.69) is 26.9 Å². The lowest BCUT2D eigenvalue weighted by Crippen LogP contribution is -2.48. The summed E-state index contributed by atoms with van der Waals surface area (Å²) < 4.78 is 41.4. The zero-order valence-electron chi connectivity index (χ0n) is 15.0. The van der Waals surface area contributed by atoms with E-state index in [-0.39, 0.29) is 10.9 Å². The Morgan fingerprint density at radius 2 is 1.96 bits per heavy atom. The number of nitrogens with one attached hydrogen (secondary N) is 1. The van der Waals surface area contributed by atoms with Gasteiger partial charge in [-0.3, -0.25) is 4.90 Å². The molecule has 0 bridgehead atoms. The maximum absolute atomic E-state index is 13.4. The number of benzene rings is 1. The Hall–Kier alpha value is -1.32.